The number of nitrogens with zero attached hydrogens (tertiary/aromatic N) is 3. The van der Waals surface area contributed by atoms with Crippen LogP contribution in [0.3, 0.4) is 0 Å². The highest BCUT2D eigenvalue weighted by molar-refractivity contribution is 6.30. The molecule has 2 aliphatic rings. The molecule has 2 aromatic rings. The lowest BCUT2D eigenvalue weighted by atomic mass is 9.98. The summed E-state index contributed by atoms with van der Waals surface area (Å²) in [5.41, 5.74) is 2.94. The Labute approximate surface area is 169 Å². The number of fused-ring (bicyclic) bond motifs is 1. The molecular formula is C21H23ClN4O2. The zero-order chi connectivity index (χ0) is 19.7. The van der Waals surface area contributed by atoms with Crippen LogP contribution in [0.15, 0.2) is 42.5 Å². The molecular weight excluding hydrogens is 376 g/mol. The van der Waals surface area contributed by atoms with E-state index in [0.717, 1.165) is 23.5 Å². The molecule has 1 aromatic heterocycles. The average molecular weight is 399 g/mol. The van der Waals surface area contributed by atoms with Gasteiger partial charge in [-0.25, -0.2) is 0 Å². The summed E-state index contributed by atoms with van der Waals surface area (Å²) in [5.74, 6) is -0.0895. The molecule has 0 bridgehead atoms. The van der Waals surface area contributed by atoms with Gasteiger partial charge in [-0.1, -0.05) is 29.8 Å². The number of aryl methyl sites for hydroxylation is 1. The van der Waals surface area contributed by atoms with Crippen LogP contribution in [0, 0.1) is 6.92 Å². The van der Waals surface area contributed by atoms with Gasteiger partial charge in [0.2, 0.25) is 11.8 Å². The summed E-state index contributed by atoms with van der Waals surface area (Å²) in [7, 11) is 0. The second-order valence-corrected chi connectivity index (χ2v) is 7.88. The minimum atomic E-state index is -0.519. The van der Waals surface area contributed by atoms with Gasteiger partial charge in [0.15, 0.2) is 0 Å². The standard InChI is InChI=1S/C21H23ClN4O2/c1-14-3-2-4-17(23-14)12-25-9-10-26-19(13-25)20(27)24-18(21(26)28)11-15-5-7-16(22)8-6-15/h2-8,18-19H,9-13H2,1H3,(H,24,27)/t18-,19+/m0/s1. The molecule has 0 saturated carbocycles. The third-order valence-corrected chi connectivity index (χ3v) is 5.60. The van der Waals surface area contributed by atoms with Crippen molar-refractivity contribution >= 4 is 23.4 Å². The smallest absolute Gasteiger partial charge is 0.246 e. The zero-order valence-electron chi connectivity index (χ0n) is 15.8. The van der Waals surface area contributed by atoms with Crippen molar-refractivity contribution in [3.05, 3.63) is 64.4 Å². The van der Waals surface area contributed by atoms with E-state index in [1.54, 1.807) is 17.0 Å². The predicted octanol–water partition coefficient (Wildman–Crippen LogP) is 1.80. The lowest BCUT2D eigenvalue weighted by Crippen LogP contribution is -2.69. The molecule has 2 atom stereocenters. The van der Waals surface area contributed by atoms with Gasteiger partial charge in [0.1, 0.15) is 12.1 Å². The molecule has 0 radical (unpaired) electrons. The van der Waals surface area contributed by atoms with E-state index in [2.05, 4.69) is 15.2 Å². The fraction of sp³-hybridized carbons (Fsp3) is 0.381. The Morgan fingerprint density at radius 1 is 1.14 bits per heavy atom. The van der Waals surface area contributed by atoms with E-state index >= 15 is 0 Å². The minimum Gasteiger partial charge on any atom is -0.342 e. The number of rotatable bonds is 4. The number of hydrogen-bond donors (Lipinski definition) is 1. The van der Waals surface area contributed by atoms with Gasteiger partial charge in [-0.15, -0.1) is 0 Å². The number of halogens is 1. The monoisotopic (exact) mass is 398 g/mol. The first-order valence-corrected chi connectivity index (χ1v) is 9.87. The van der Waals surface area contributed by atoms with E-state index in [1.165, 1.54) is 0 Å². The number of pyridine rings is 1. The molecule has 4 rings (SSSR count). The van der Waals surface area contributed by atoms with Crippen LogP contribution in [0.4, 0.5) is 0 Å². The molecule has 0 spiro atoms. The van der Waals surface area contributed by atoms with Crippen LogP contribution >= 0.6 is 11.6 Å². The van der Waals surface area contributed by atoms with Crippen LogP contribution in [-0.2, 0) is 22.6 Å². The number of piperazine rings is 2. The number of carbonyl (C=O) groups is 2. The zero-order valence-corrected chi connectivity index (χ0v) is 16.5. The van der Waals surface area contributed by atoms with E-state index in [-0.39, 0.29) is 11.8 Å². The van der Waals surface area contributed by atoms with Gasteiger partial charge in [-0.2, -0.15) is 0 Å². The van der Waals surface area contributed by atoms with Gasteiger partial charge < -0.3 is 10.2 Å². The summed E-state index contributed by atoms with van der Waals surface area (Å²) in [6.45, 7) is 4.47. The molecule has 2 fully saturated rings. The summed E-state index contributed by atoms with van der Waals surface area (Å²) < 4.78 is 0. The number of aromatic nitrogens is 1. The van der Waals surface area contributed by atoms with Crippen LogP contribution in [0.1, 0.15) is 17.0 Å². The Bertz CT molecular complexity index is 886. The molecule has 2 amide bonds. The van der Waals surface area contributed by atoms with Crippen LogP contribution in [-0.4, -0.2) is 58.3 Å². The van der Waals surface area contributed by atoms with Gasteiger partial charge >= 0.3 is 0 Å². The Morgan fingerprint density at radius 2 is 1.93 bits per heavy atom. The van der Waals surface area contributed by atoms with Crippen molar-refractivity contribution in [2.75, 3.05) is 19.6 Å². The van der Waals surface area contributed by atoms with Gasteiger partial charge in [0.25, 0.3) is 0 Å². The number of carbonyl (C=O) groups excluding carboxylic acids is 2. The van der Waals surface area contributed by atoms with Crippen molar-refractivity contribution in [3.63, 3.8) is 0 Å². The number of benzene rings is 1. The lowest BCUT2D eigenvalue weighted by Gasteiger charge is -2.45. The SMILES string of the molecule is Cc1cccc(CN2CCN3C(=O)[C@H](Cc4ccc(Cl)cc4)NC(=O)[C@H]3C2)n1. The molecule has 1 N–H and O–H groups in total. The molecule has 146 valence electrons. The van der Waals surface area contributed by atoms with Crippen LogP contribution in [0.25, 0.3) is 0 Å². The molecule has 0 aliphatic carbocycles. The van der Waals surface area contributed by atoms with Crippen molar-refractivity contribution in [2.24, 2.45) is 0 Å². The van der Waals surface area contributed by atoms with E-state index in [1.807, 2.05) is 37.3 Å². The Kier molecular flexibility index (Phi) is 5.33. The summed E-state index contributed by atoms with van der Waals surface area (Å²) in [6, 6.07) is 12.4. The Hall–Kier alpha value is -2.44. The summed E-state index contributed by atoms with van der Waals surface area (Å²) >= 11 is 5.92. The van der Waals surface area contributed by atoms with Crippen molar-refractivity contribution in [1.29, 1.82) is 0 Å². The number of hydrogen-bond acceptors (Lipinski definition) is 4. The molecule has 2 aliphatic heterocycles. The van der Waals surface area contributed by atoms with Crippen molar-refractivity contribution in [2.45, 2.75) is 32.0 Å². The second-order valence-electron chi connectivity index (χ2n) is 7.44. The fourth-order valence-corrected chi connectivity index (χ4v) is 4.04. The maximum absolute atomic E-state index is 12.9. The van der Waals surface area contributed by atoms with Gasteiger partial charge in [-0.05, 0) is 36.8 Å². The number of amides is 2. The normalized spacial score (nSPS) is 22.7. The van der Waals surface area contributed by atoms with Crippen molar-refractivity contribution in [3.8, 4) is 0 Å². The van der Waals surface area contributed by atoms with Crippen LogP contribution < -0.4 is 5.32 Å². The van der Waals surface area contributed by atoms with Crippen molar-refractivity contribution < 1.29 is 9.59 Å². The van der Waals surface area contributed by atoms with Gasteiger partial charge in [0, 0.05) is 43.3 Å². The third-order valence-electron chi connectivity index (χ3n) is 5.35. The molecule has 7 heteroatoms. The lowest BCUT2D eigenvalue weighted by molar-refractivity contribution is -0.153. The summed E-state index contributed by atoms with van der Waals surface area (Å²) in [5, 5.41) is 3.57. The Morgan fingerprint density at radius 3 is 2.68 bits per heavy atom. The fourth-order valence-electron chi connectivity index (χ4n) is 3.91. The molecule has 6 nitrogen and oxygen atoms in total. The second kappa shape index (κ2) is 7.89. The first-order valence-electron chi connectivity index (χ1n) is 9.50. The highest BCUT2D eigenvalue weighted by atomic mass is 35.5. The molecule has 1 aromatic carbocycles. The van der Waals surface area contributed by atoms with Crippen LogP contribution in [0.5, 0.6) is 0 Å². The highest BCUT2D eigenvalue weighted by Gasteiger charge is 2.43. The van der Waals surface area contributed by atoms with E-state index in [9.17, 15) is 9.59 Å². The molecule has 3 heterocycles. The quantitative estimate of drug-likeness (QED) is 0.852. The first-order chi connectivity index (χ1) is 13.5. The van der Waals surface area contributed by atoms with E-state index in [0.29, 0.717) is 31.1 Å². The van der Waals surface area contributed by atoms with Gasteiger partial charge in [-0.3, -0.25) is 19.5 Å². The highest BCUT2D eigenvalue weighted by Crippen LogP contribution is 2.20. The minimum absolute atomic E-state index is 0.00659. The Balaban J connectivity index is 1.41. The summed E-state index contributed by atoms with van der Waals surface area (Å²) in [6.07, 6.45) is 0.474. The predicted molar refractivity (Wildman–Crippen MR) is 107 cm³/mol. The number of nitrogens with one attached hydrogen (secondary N) is 1. The topological polar surface area (TPSA) is 65.5 Å². The van der Waals surface area contributed by atoms with Gasteiger partial charge in [0.05, 0.1) is 5.69 Å². The summed E-state index contributed by atoms with van der Waals surface area (Å²) in [4.78, 5) is 34.1. The molecule has 28 heavy (non-hydrogen) atoms. The average Bonchev–Trinajstić information content (AvgIpc) is 2.68. The largest absolute Gasteiger partial charge is 0.342 e. The first kappa shape index (κ1) is 18.9. The molecule has 2 saturated heterocycles. The van der Waals surface area contributed by atoms with Crippen molar-refractivity contribution in [1.82, 2.24) is 20.1 Å². The van der Waals surface area contributed by atoms with E-state index in [4.69, 9.17) is 11.6 Å². The molecule has 0 unspecified atom stereocenters. The maximum Gasteiger partial charge on any atom is 0.246 e. The third kappa shape index (κ3) is 4.03. The maximum atomic E-state index is 12.9. The van der Waals surface area contributed by atoms with E-state index < -0.39 is 12.1 Å². The van der Waals surface area contributed by atoms with Crippen LogP contribution in [0.2, 0.25) is 5.02 Å².